The van der Waals surface area contributed by atoms with Crippen molar-refractivity contribution in [3.63, 3.8) is 0 Å². The molecule has 0 spiro atoms. The van der Waals surface area contributed by atoms with Crippen molar-refractivity contribution in [3.8, 4) is 11.5 Å². The molecule has 1 fully saturated rings. The number of nitrogens with two attached hydrogens (primary N) is 1. The Labute approximate surface area is 298 Å². The van der Waals surface area contributed by atoms with Gasteiger partial charge in [-0.05, 0) is 70.3 Å². The molecule has 8 nitrogen and oxygen atoms in total. The number of carbonyl (C=O) groups is 1. The highest BCUT2D eigenvalue weighted by Crippen LogP contribution is 2.44. The number of benzene rings is 2. The van der Waals surface area contributed by atoms with Gasteiger partial charge in [0.1, 0.15) is 11.5 Å². The fourth-order valence-corrected chi connectivity index (χ4v) is 5.80. The molecule has 9 heteroatoms. The predicted molar refractivity (Wildman–Crippen MR) is 201 cm³/mol. The van der Waals surface area contributed by atoms with Gasteiger partial charge in [0.2, 0.25) is 5.91 Å². The van der Waals surface area contributed by atoms with Crippen molar-refractivity contribution in [2.24, 2.45) is 17.8 Å². The molecule has 2 aromatic rings. The molecule has 0 aromatic heterocycles. The van der Waals surface area contributed by atoms with Gasteiger partial charge in [-0.15, -0.1) is 4.48 Å². The smallest absolute Gasteiger partial charge is 0.222 e. The lowest BCUT2D eigenvalue weighted by Crippen LogP contribution is -2.48. The van der Waals surface area contributed by atoms with Crippen molar-refractivity contribution < 1.29 is 29.0 Å². The molecular weight excluding hydrogens is 621 g/mol. The number of piperidine rings is 1. The quantitative estimate of drug-likeness (QED) is 0.113. The van der Waals surface area contributed by atoms with Gasteiger partial charge in [-0.2, -0.15) is 5.96 Å². The molecule has 1 heterocycles. The number of halogens is 1. The second-order valence-electron chi connectivity index (χ2n) is 13.1. The molecule has 49 heavy (non-hydrogen) atoms. The Morgan fingerprint density at radius 2 is 1.57 bits per heavy atom. The Morgan fingerprint density at radius 1 is 0.980 bits per heavy atom. The van der Waals surface area contributed by atoms with Gasteiger partial charge < -0.3 is 29.5 Å². The van der Waals surface area contributed by atoms with E-state index in [1.54, 1.807) is 7.11 Å². The molecule has 0 unspecified atom stereocenters. The average Bonchev–Trinajstić information content (AvgIpc) is 3.14. The van der Waals surface area contributed by atoms with Crippen LogP contribution in [0, 0.1) is 11.8 Å². The molecule has 0 saturated carbocycles. The third-order valence-electron chi connectivity index (χ3n) is 8.88. The average molecular weight is 692 g/mol. The van der Waals surface area contributed by atoms with Gasteiger partial charge in [-0.3, -0.25) is 4.79 Å². The second-order valence-corrected chi connectivity index (χ2v) is 13.1. The van der Waals surface area contributed by atoms with Crippen LogP contribution in [0.3, 0.4) is 0 Å². The molecule has 0 bridgehead atoms. The highest BCUT2D eigenvalue weighted by Gasteiger charge is 2.43. The largest absolute Gasteiger partial charge is 0.457 e. The highest BCUT2D eigenvalue weighted by atomic mass is 19.2. The van der Waals surface area contributed by atoms with Crippen LogP contribution in [-0.4, -0.2) is 80.0 Å². The summed E-state index contributed by atoms with van der Waals surface area (Å²) < 4.78 is 20.8. The zero-order valence-corrected chi connectivity index (χ0v) is 32.1. The molecule has 0 aliphatic carbocycles. The number of aliphatic hydroxyl groups excluding tert-OH is 1. The number of carbonyl (C=O) groups excluding carboxylic acids is 1. The van der Waals surface area contributed by atoms with Crippen molar-refractivity contribution in [2.75, 3.05) is 54.1 Å². The summed E-state index contributed by atoms with van der Waals surface area (Å²) in [7, 11) is 5.60. The number of amides is 1. The number of ether oxygens (including phenoxy) is 2. The minimum atomic E-state index is -1.16. The van der Waals surface area contributed by atoms with E-state index in [9.17, 15) is 15.0 Å². The topological polar surface area (TPSA) is 108 Å². The van der Waals surface area contributed by atoms with Crippen molar-refractivity contribution in [1.82, 2.24) is 9.80 Å². The van der Waals surface area contributed by atoms with E-state index in [1.165, 1.54) is 25.7 Å². The normalized spacial score (nSPS) is 15.8. The maximum absolute atomic E-state index is 13.3. The van der Waals surface area contributed by atoms with Crippen molar-refractivity contribution in [3.05, 3.63) is 59.7 Å². The van der Waals surface area contributed by atoms with Crippen LogP contribution in [0.4, 0.5) is 4.48 Å². The summed E-state index contributed by atoms with van der Waals surface area (Å²) in [4.78, 5) is 17.2. The van der Waals surface area contributed by atoms with E-state index in [-0.39, 0.29) is 24.3 Å². The number of unbranched alkanes of at least 4 members (excludes halogenated alkanes) is 3. The molecule has 1 amide bonds. The maximum Gasteiger partial charge on any atom is 0.222 e. The van der Waals surface area contributed by atoms with E-state index < -0.39 is 5.60 Å². The van der Waals surface area contributed by atoms with Crippen LogP contribution in [-0.2, 0) is 21.6 Å². The van der Waals surface area contributed by atoms with Crippen molar-refractivity contribution in [1.29, 1.82) is 0 Å². The number of methoxy groups -OCH3 is 1. The first-order chi connectivity index (χ1) is 23.6. The highest BCUT2D eigenvalue weighted by molar-refractivity contribution is 5.76. The SMILES string of the molecule is CCCC.CCCC.CCc1ccccc1Oc1ccccc1[C@](O)(CCCCOC)[C@@H]1CCCN(C(=O)C[C@@H](CO)CN(C)C)C1.NF. The zero-order chi connectivity index (χ0) is 37.1. The fraction of sp³-hybridized carbons (Fsp3) is 0.675. The summed E-state index contributed by atoms with van der Waals surface area (Å²) in [6.07, 6.45) is 10.3. The number of aryl methyl sites for hydroxylation is 1. The molecule has 4 N–H and O–H groups in total. The molecule has 1 aliphatic rings. The van der Waals surface area contributed by atoms with E-state index in [1.807, 2.05) is 66.4 Å². The summed E-state index contributed by atoms with van der Waals surface area (Å²) in [5.41, 5.74) is 0.722. The van der Waals surface area contributed by atoms with Crippen LogP contribution in [0.15, 0.2) is 48.5 Å². The number of hydrogen-bond donors (Lipinski definition) is 3. The first-order valence-corrected chi connectivity index (χ1v) is 18.5. The Balaban J connectivity index is 0.00000204. The number of nitrogens with zero attached hydrogens (tertiary/aromatic N) is 2. The number of likely N-dealkylation sites (tertiary alicyclic amines) is 1. The van der Waals surface area contributed by atoms with Crippen LogP contribution in [0.1, 0.15) is 110 Å². The predicted octanol–water partition coefficient (Wildman–Crippen LogP) is 8.29. The van der Waals surface area contributed by atoms with Crippen molar-refractivity contribution >= 4 is 5.91 Å². The van der Waals surface area contributed by atoms with E-state index in [0.717, 1.165) is 49.0 Å². The molecule has 1 saturated heterocycles. The van der Waals surface area contributed by atoms with E-state index in [2.05, 4.69) is 46.6 Å². The molecule has 3 rings (SSSR count). The van der Waals surface area contributed by atoms with Crippen LogP contribution in [0.25, 0.3) is 0 Å². The van der Waals surface area contributed by atoms with Crippen LogP contribution in [0.5, 0.6) is 11.5 Å². The van der Waals surface area contributed by atoms with Gasteiger partial charge in [0.25, 0.3) is 0 Å². The third kappa shape index (κ3) is 17.3. The van der Waals surface area contributed by atoms with Crippen LogP contribution < -0.4 is 10.7 Å². The van der Waals surface area contributed by atoms with E-state index >= 15 is 0 Å². The van der Waals surface area contributed by atoms with Gasteiger partial charge >= 0.3 is 0 Å². The molecule has 2 aromatic carbocycles. The van der Waals surface area contributed by atoms with Crippen LogP contribution >= 0.6 is 0 Å². The Kier molecular flexibility index (Phi) is 26.7. The summed E-state index contributed by atoms with van der Waals surface area (Å²) in [6, 6.07) is 15.8. The van der Waals surface area contributed by atoms with E-state index in [0.29, 0.717) is 44.8 Å². The zero-order valence-electron chi connectivity index (χ0n) is 32.1. The van der Waals surface area contributed by atoms with Gasteiger partial charge in [0.15, 0.2) is 0 Å². The molecule has 3 atom stereocenters. The summed E-state index contributed by atoms with van der Waals surface area (Å²) in [5, 5.41) is 22.4. The van der Waals surface area contributed by atoms with Gasteiger partial charge in [-0.1, -0.05) is 96.7 Å². The summed E-state index contributed by atoms with van der Waals surface area (Å²) in [5.74, 6) is 4.26. The molecular formula is C40H70FN3O5. The summed E-state index contributed by atoms with van der Waals surface area (Å²) in [6.45, 7) is 13.3. The number of hydrogen-bond acceptors (Lipinski definition) is 7. The standard InChI is InChI=1S/C32H48N2O5.2C4H10.FH2N/c1-5-26-13-6-8-16-29(26)39-30-17-9-7-15-28(30)32(37,18-10-11-20-38-4)27-14-12-19-34(23-27)31(36)21-25(24-35)22-33(2)3;2*1-3-4-2;1-2/h6-9,13,15-17,25,27,35,37H,5,10-12,14,18-24H2,1-4H3;2*3-4H2,1-2H3;2H2/t25-,27-,32+;;;/m1.../s1. The third-order valence-corrected chi connectivity index (χ3v) is 8.88. The maximum atomic E-state index is 13.3. The second kappa shape index (κ2) is 28.2. The molecule has 282 valence electrons. The summed E-state index contributed by atoms with van der Waals surface area (Å²) >= 11 is 0. The Hall–Kier alpha value is -2.56. The van der Waals surface area contributed by atoms with Gasteiger partial charge in [-0.25, -0.2) is 0 Å². The molecule has 1 aliphatic heterocycles. The molecule has 0 radical (unpaired) electrons. The first-order valence-electron chi connectivity index (χ1n) is 18.5. The minimum Gasteiger partial charge on any atom is -0.457 e. The number of aliphatic hydroxyl groups is 2. The lowest BCUT2D eigenvalue weighted by Gasteiger charge is -2.43. The Bertz CT molecular complexity index is 1100. The fourth-order valence-electron chi connectivity index (χ4n) is 5.80. The lowest BCUT2D eigenvalue weighted by atomic mass is 9.73. The monoisotopic (exact) mass is 692 g/mol. The number of para-hydroxylation sites is 2. The Morgan fingerprint density at radius 3 is 2.12 bits per heavy atom. The van der Waals surface area contributed by atoms with Crippen molar-refractivity contribution in [2.45, 2.75) is 111 Å². The number of rotatable bonds is 17. The van der Waals surface area contributed by atoms with Gasteiger partial charge in [0.05, 0.1) is 5.60 Å². The minimum absolute atomic E-state index is 0.0193. The van der Waals surface area contributed by atoms with Crippen LogP contribution in [0.2, 0.25) is 0 Å². The first kappa shape index (κ1) is 46.4. The van der Waals surface area contributed by atoms with Gasteiger partial charge in [0, 0.05) is 63.8 Å². The lowest BCUT2D eigenvalue weighted by molar-refractivity contribution is -0.138. The van der Waals surface area contributed by atoms with E-state index in [4.69, 9.17) is 14.0 Å².